The molecule has 0 aliphatic heterocycles. The third kappa shape index (κ3) is 4.11. The number of furan rings is 1. The van der Waals surface area contributed by atoms with Crippen LogP contribution in [0.15, 0.2) is 58.3 Å². The molecule has 8 nitrogen and oxygen atoms in total. The Labute approximate surface area is 189 Å². The average molecular weight is 451 g/mol. The van der Waals surface area contributed by atoms with Crippen molar-refractivity contribution < 1.29 is 18.7 Å². The van der Waals surface area contributed by atoms with E-state index in [4.69, 9.17) is 9.15 Å². The monoisotopic (exact) mass is 450 g/mol. The Morgan fingerprint density at radius 3 is 2.59 bits per heavy atom. The van der Waals surface area contributed by atoms with Crippen LogP contribution in [0.2, 0.25) is 0 Å². The third-order valence-corrected chi connectivity index (χ3v) is 5.85. The fourth-order valence-corrected chi connectivity index (χ4v) is 4.34. The molecule has 0 atom stereocenters. The van der Waals surface area contributed by atoms with E-state index in [-0.39, 0.29) is 18.1 Å². The molecule has 3 aromatic heterocycles. The molecule has 32 heavy (non-hydrogen) atoms. The van der Waals surface area contributed by atoms with Crippen molar-refractivity contribution in [1.82, 2.24) is 19.7 Å². The number of nitrogens with zero attached hydrogens (tertiary/aromatic N) is 3. The van der Waals surface area contributed by atoms with E-state index in [2.05, 4.69) is 15.2 Å². The van der Waals surface area contributed by atoms with Crippen LogP contribution >= 0.6 is 11.8 Å². The van der Waals surface area contributed by atoms with Crippen LogP contribution in [0.4, 0.5) is 0 Å². The summed E-state index contributed by atoms with van der Waals surface area (Å²) in [5, 5.41) is 9.15. The molecular weight excluding hydrogens is 428 g/mol. The summed E-state index contributed by atoms with van der Waals surface area (Å²) in [6, 6.07) is 13.2. The van der Waals surface area contributed by atoms with Crippen LogP contribution in [0.25, 0.3) is 17.3 Å². The molecule has 4 rings (SSSR count). The molecule has 0 saturated heterocycles. The van der Waals surface area contributed by atoms with Gasteiger partial charge >= 0.3 is 5.97 Å². The quantitative estimate of drug-likeness (QED) is 0.237. The second kappa shape index (κ2) is 9.27. The largest absolute Gasteiger partial charge is 0.461 e. The number of aromatic nitrogens is 4. The molecule has 3 heterocycles. The van der Waals surface area contributed by atoms with Crippen LogP contribution in [0.5, 0.6) is 0 Å². The minimum absolute atomic E-state index is 0.112. The number of hydrogen-bond acceptors (Lipinski definition) is 7. The summed E-state index contributed by atoms with van der Waals surface area (Å²) < 4.78 is 12.4. The molecule has 9 heteroatoms. The highest BCUT2D eigenvalue weighted by atomic mass is 32.2. The molecule has 0 unspecified atom stereocenters. The zero-order valence-electron chi connectivity index (χ0n) is 17.9. The molecule has 0 aliphatic carbocycles. The zero-order valence-corrected chi connectivity index (χ0v) is 18.7. The molecule has 0 amide bonds. The standard InChI is InChI=1S/C23H22N4O4S/c1-4-30-22(29)20-14(2)19(15(3)24-20)17(28)13-32-23-26-25-21(18-11-8-12-31-18)27(23)16-9-6-5-7-10-16/h5-12,24H,4,13H2,1-3H3. The van der Waals surface area contributed by atoms with Crippen LogP contribution in [0.1, 0.15) is 39.0 Å². The van der Waals surface area contributed by atoms with Crippen LogP contribution in [-0.2, 0) is 4.74 Å². The van der Waals surface area contributed by atoms with Crippen molar-refractivity contribution in [2.45, 2.75) is 25.9 Å². The van der Waals surface area contributed by atoms with Crippen molar-refractivity contribution in [3.63, 3.8) is 0 Å². The Kier molecular flexibility index (Phi) is 6.27. The fraction of sp³-hybridized carbons (Fsp3) is 0.217. The van der Waals surface area contributed by atoms with Crippen molar-refractivity contribution in [3.05, 3.63) is 71.2 Å². The van der Waals surface area contributed by atoms with Crippen molar-refractivity contribution >= 4 is 23.5 Å². The number of aromatic amines is 1. The van der Waals surface area contributed by atoms with Crippen molar-refractivity contribution in [1.29, 1.82) is 0 Å². The van der Waals surface area contributed by atoms with E-state index in [1.165, 1.54) is 11.8 Å². The predicted molar refractivity (Wildman–Crippen MR) is 120 cm³/mol. The van der Waals surface area contributed by atoms with E-state index in [0.29, 0.717) is 39.3 Å². The third-order valence-electron chi connectivity index (χ3n) is 4.92. The number of thioether (sulfide) groups is 1. The molecular formula is C23H22N4O4S. The van der Waals surface area contributed by atoms with E-state index in [0.717, 1.165) is 5.69 Å². The molecule has 0 radical (unpaired) electrons. The van der Waals surface area contributed by atoms with Crippen LogP contribution in [0.3, 0.4) is 0 Å². The summed E-state index contributed by atoms with van der Waals surface area (Å²) >= 11 is 1.28. The molecule has 0 fully saturated rings. The maximum atomic E-state index is 13.1. The van der Waals surface area contributed by atoms with Crippen LogP contribution < -0.4 is 0 Å². The van der Waals surface area contributed by atoms with Gasteiger partial charge in [-0.25, -0.2) is 4.79 Å². The Balaban J connectivity index is 1.61. The van der Waals surface area contributed by atoms with Gasteiger partial charge in [-0.3, -0.25) is 9.36 Å². The number of hydrogen-bond donors (Lipinski definition) is 1. The van der Waals surface area contributed by atoms with E-state index in [9.17, 15) is 9.59 Å². The van der Waals surface area contributed by atoms with Crippen LogP contribution in [0, 0.1) is 13.8 Å². The molecule has 0 saturated carbocycles. The number of carbonyl (C=O) groups excluding carboxylic acids is 2. The number of para-hydroxylation sites is 1. The molecule has 0 spiro atoms. The summed E-state index contributed by atoms with van der Waals surface area (Å²) in [5.74, 6) is 0.682. The van der Waals surface area contributed by atoms with Gasteiger partial charge in [0.15, 0.2) is 16.7 Å². The van der Waals surface area contributed by atoms with Crippen molar-refractivity contribution in [2.75, 3.05) is 12.4 Å². The summed E-state index contributed by atoms with van der Waals surface area (Å²) in [6.45, 7) is 5.53. The Morgan fingerprint density at radius 1 is 1.12 bits per heavy atom. The minimum Gasteiger partial charge on any atom is -0.461 e. The first-order chi connectivity index (χ1) is 15.5. The van der Waals surface area contributed by atoms with Gasteiger partial charge in [0.1, 0.15) is 5.69 Å². The van der Waals surface area contributed by atoms with Gasteiger partial charge in [0.2, 0.25) is 5.82 Å². The van der Waals surface area contributed by atoms with Gasteiger partial charge in [0, 0.05) is 16.9 Å². The van der Waals surface area contributed by atoms with Gasteiger partial charge in [-0.15, -0.1) is 10.2 Å². The molecule has 0 bridgehead atoms. The van der Waals surface area contributed by atoms with Gasteiger partial charge in [0.05, 0.1) is 18.6 Å². The highest BCUT2D eigenvalue weighted by Crippen LogP contribution is 2.29. The van der Waals surface area contributed by atoms with Gasteiger partial charge in [-0.1, -0.05) is 30.0 Å². The lowest BCUT2D eigenvalue weighted by molar-refractivity contribution is 0.0519. The van der Waals surface area contributed by atoms with Crippen molar-refractivity contribution in [3.8, 4) is 17.3 Å². The summed E-state index contributed by atoms with van der Waals surface area (Å²) in [5.41, 5.74) is 2.89. The second-order valence-electron chi connectivity index (χ2n) is 7.01. The number of Topliss-reactive ketones (excluding diaryl/α,β-unsaturated/α-hetero) is 1. The first kappa shape index (κ1) is 21.6. The maximum absolute atomic E-state index is 13.1. The number of esters is 1. The second-order valence-corrected chi connectivity index (χ2v) is 7.95. The van der Waals surface area contributed by atoms with Crippen molar-refractivity contribution in [2.24, 2.45) is 0 Å². The smallest absolute Gasteiger partial charge is 0.355 e. The number of aryl methyl sites for hydroxylation is 1. The SMILES string of the molecule is CCOC(=O)c1[nH]c(C)c(C(=O)CSc2nnc(-c3ccco3)n2-c2ccccc2)c1C. The fourth-order valence-electron chi connectivity index (χ4n) is 3.52. The first-order valence-corrected chi connectivity index (χ1v) is 11.1. The summed E-state index contributed by atoms with van der Waals surface area (Å²) in [4.78, 5) is 28.2. The molecule has 0 aliphatic rings. The number of nitrogens with one attached hydrogen (secondary N) is 1. The lowest BCUT2D eigenvalue weighted by atomic mass is 10.1. The number of carbonyl (C=O) groups is 2. The van der Waals surface area contributed by atoms with Gasteiger partial charge in [-0.05, 0) is 50.6 Å². The molecule has 1 aromatic carbocycles. The lowest BCUT2D eigenvalue weighted by Gasteiger charge is -2.09. The normalized spacial score (nSPS) is 11.0. The first-order valence-electron chi connectivity index (χ1n) is 10.1. The topological polar surface area (TPSA) is 103 Å². The number of benzene rings is 1. The number of ketones is 1. The number of H-pyrrole nitrogens is 1. The highest BCUT2D eigenvalue weighted by Gasteiger charge is 2.24. The van der Waals surface area contributed by atoms with E-state index >= 15 is 0 Å². The predicted octanol–water partition coefficient (Wildman–Crippen LogP) is 4.62. The molecule has 4 aromatic rings. The van der Waals surface area contributed by atoms with E-state index in [1.54, 1.807) is 33.1 Å². The Hall–Kier alpha value is -3.59. The average Bonchev–Trinajstić information content (AvgIpc) is 3.51. The lowest BCUT2D eigenvalue weighted by Crippen LogP contribution is -2.09. The Bertz CT molecular complexity index is 1240. The van der Waals surface area contributed by atoms with Crippen LogP contribution in [-0.4, -0.2) is 43.9 Å². The maximum Gasteiger partial charge on any atom is 0.355 e. The summed E-state index contributed by atoms with van der Waals surface area (Å²) in [6.07, 6.45) is 1.58. The van der Waals surface area contributed by atoms with Gasteiger partial charge in [0.25, 0.3) is 0 Å². The number of ether oxygens (including phenoxy) is 1. The van der Waals surface area contributed by atoms with E-state index in [1.807, 2.05) is 41.0 Å². The highest BCUT2D eigenvalue weighted by molar-refractivity contribution is 7.99. The molecule has 1 N–H and O–H groups in total. The summed E-state index contributed by atoms with van der Waals surface area (Å²) in [7, 11) is 0. The van der Waals surface area contributed by atoms with Gasteiger partial charge in [-0.2, -0.15) is 0 Å². The zero-order chi connectivity index (χ0) is 22.7. The number of rotatable bonds is 8. The van der Waals surface area contributed by atoms with Gasteiger partial charge < -0.3 is 14.1 Å². The van der Waals surface area contributed by atoms with E-state index < -0.39 is 5.97 Å². The molecule has 164 valence electrons. The minimum atomic E-state index is -0.466. The Morgan fingerprint density at radius 2 is 1.91 bits per heavy atom.